The maximum atomic E-state index is 11.9. The molecule has 0 bridgehead atoms. The van der Waals surface area contributed by atoms with Crippen molar-refractivity contribution in [2.45, 2.75) is 25.3 Å². The molecule has 9 heteroatoms. The second-order valence-corrected chi connectivity index (χ2v) is 4.59. The lowest BCUT2D eigenvalue weighted by Crippen LogP contribution is -2.13. The number of amides is 1. The van der Waals surface area contributed by atoms with E-state index >= 15 is 0 Å². The number of rotatable bonds is 5. The summed E-state index contributed by atoms with van der Waals surface area (Å²) in [4.78, 5) is 26.5. The molecular formula is C11H12N6O3. The molecule has 1 aliphatic carbocycles. The van der Waals surface area contributed by atoms with Gasteiger partial charge >= 0.3 is 5.97 Å². The van der Waals surface area contributed by atoms with E-state index < -0.39 is 11.9 Å². The number of anilines is 1. The number of nitrogens with zero attached hydrogens (tertiary/aromatic N) is 4. The highest BCUT2D eigenvalue weighted by Crippen LogP contribution is 2.37. The van der Waals surface area contributed by atoms with Crippen molar-refractivity contribution in [3.63, 3.8) is 0 Å². The van der Waals surface area contributed by atoms with Crippen molar-refractivity contribution in [2.75, 3.05) is 5.32 Å². The van der Waals surface area contributed by atoms with Crippen molar-refractivity contribution >= 4 is 17.6 Å². The van der Waals surface area contributed by atoms with Gasteiger partial charge in [-0.25, -0.2) is 4.98 Å². The van der Waals surface area contributed by atoms with Crippen LogP contribution in [0.3, 0.4) is 0 Å². The molecule has 0 atom stereocenters. The third-order valence-electron chi connectivity index (χ3n) is 2.86. The predicted octanol–water partition coefficient (Wildman–Crippen LogP) is 0.215. The summed E-state index contributed by atoms with van der Waals surface area (Å²) in [5.74, 6) is -0.269. The van der Waals surface area contributed by atoms with Gasteiger partial charge in [-0.05, 0) is 12.8 Å². The van der Waals surface area contributed by atoms with Crippen LogP contribution in [0.4, 0.5) is 5.69 Å². The van der Waals surface area contributed by atoms with Crippen molar-refractivity contribution in [3.8, 4) is 0 Å². The van der Waals surface area contributed by atoms with Crippen LogP contribution in [0.15, 0.2) is 12.4 Å². The summed E-state index contributed by atoms with van der Waals surface area (Å²) in [7, 11) is 0. The highest BCUT2D eigenvalue weighted by Gasteiger charge is 2.28. The Morgan fingerprint density at radius 2 is 2.30 bits per heavy atom. The summed E-state index contributed by atoms with van der Waals surface area (Å²) in [6.45, 7) is -0.262. The van der Waals surface area contributed by atoms with Crippen LogP contribution in [0.1, 0.15) is 35.2 Å². The molecule has 20 heavy (non-hydrogen) atoms. The van der Waals surface area contributed by atoms with Crippen molar-refractivity contribution in [3.05, 3.63) is 24.0 Å². The van der Waals surface area contributed by atoms with E-state index in [0.717, 1.165) is 18.7 Å². The number of carboxylic acid groups (broad SMARTS) is 1. The number of H-pyrrole nitrogens is 1. The molecular weight excluding hydrogens is 264 g/mol. The highest BCUT2D eigenvalue weighted by molar-refractivity contribution is 6.01. The van der Waals surface area contributed by atoms with Crippen LogP contribution in [0.2, 0.25) is 0 Å². The fraction of sp³-hybridized carbons (Fsp3) is 0.364. The number of carbonyl (C=O) groups excluding carboxylic acids is 1. The lowest BCUT2D eigenvalue weighted by Gasteiger charge is -1.97. The van der Waals surface area contributed by atoms with E-state index in [9.17, 15) is 9.59 Å². The fourth-order valence-electron chi connectivity index (χ4n) is 1.76. The third kappa shape index (κ3) is 2.66. The first-order chi connectivity index (χ1) is 9.61. The first-order valence-corrected chi connectivity index (χ1v) is 6.09. The Morgan fingerprint density at radius 1 is 1.50 bits per heavy atom. The molecule has 3 rings (SSSR count). The lowest BCUT2D eigenvalue weighted by molar-refractivity contribution is -0.137. The van der Waals surface area contributed by atoms with Crippen LogP contribution in [0.25, 0.3) is 0 Å². The minimum absolute atomic E-state index is 0.0675. The molecule has 1 amide bonds. The van der Waals surface area contributed by atoms with E-state index in [-0.39, 0.29) is 12.4 Å². The van der Waals surface area contributed by atoms with E-state index in [1.165, 1.54) is 17.1 Å². The number of carboxylic acids is 1. The molecule has 1 saturated carbocycles. The number of carbonyl (C=O) groups is 2. The molecule has 0 spiro atoms. The molecule has 2 aromatic heterocycles. The predicted molar refractivity (Wildman–Crippen MR) is 66.2 cm³/mol. The topological polar surface area (TPSA) is 126 Å². The van der Waals surface area contributed by atoms with Gasteiger partial charge in [0.25, 0.3) is 5.91 Å². The summed E-state index contributed by atoms with van der Waals surface area (Å²) in [5, 5.41) is 21.6. The largest absolute Gasteiger partial charge is 0.480 e. The van der Waals surface area contributed by atoms with E-state index in [1.807, 2.05) is 0 Å². The first-order valence-electron chi connectivity index (χ1n) is 6.09. The Bertz CT molecular complexity index is 657. The minimum Gasteiger partial charge on any atom is -0.480 e. The number of nitrogens with one attached hydrogen (secondary N) is 2. The zero-order valence-electron chi connectivity index (χ0n) is 10.4. The number of aromatic nitrogens is 5. The van der Waals surface area contributed by atoms with E-state index in [4.69, 9.17) is 5.11 Å². The van der Waals surface area contributed by atoms with Gasteiger partial charge in [-0.2, -0.15) is 5.10 Å². The molecule has 3 N–H and O–H groups in total. The molecule has 0 aliphatic heterocycles. The molecule has 0 saturated heterocycles. The fourth-order valence-corrected chi connectivity index (χ4v) is 1.76. The van der Waals surface area contributed by atoms with Crippen LogP contribution in [0.5, 0.6) is 0 Å². The average molecular weight is 276 g/mol. The summed E-state index contributed by atoms with van der Waals surface area (Å²) in [6, 6.07) is 0. The van der Waals surface area contributed by atoms with Gasteiger partial charge in [0, 0.05) is 12.1 Å². The minimum atomic E-state index is -1.01. The molecule has 0 aromatic carbocycles. The van der Waals surface area contributed by atoms with Crippen molar-refractivity contribution < 1.29 is 14.7 Å². The van der Waals surface area contributed by atoms with Gasteiger partial charge in [0.2, 0.25) is 5.82 Å². The monoisotopic (exact) mass is 276 g/mol. The first kappa shape index (κ1) is 12.3. The van der Waals surface area contributed by atoms with Gasteiger partial charge in [-0.15, -0.1) is 5.10 Å². The van der Waals surface area contributed by atoms with E-state index in [2.05, 4.69) is 25.6 Å². The summed E-state index contributed by atoms with van der Waals surface area (Å²) >= 11 is 0. The van der Waals surface area contributed by atoms with Crippen molar-refractivity contribution in [2.24, 2.45) is 0 Å². The standard InChI is InChI=1S/C11H12N6O3/c18-8(19)5-17-4-7(3-12-17)13-11(20)10-14-9(15-16-10)6-1-2-6/h3-4,6H,1-2,5H2,(H,13,20)(H,18,19)(H,14,15,16). The zero-order chi connectivity index (χ0) is 14.1. The zero-order valence-corrected chi connectivity index (χ0v) is 10.4. The molecule has 1 aliphatic rings. The Morgan fingerprint density at radius 3 is 3.00 bits per heavy atom. The number of aliphatic carboxylic acids is 1. The lowest BCUT2D eigenvalue weighted by atomic mass is 10.4. The number of hydrogen-bond donors (Lipinski definition) is 3. The van der Waals surface area contributed by atoms with Crippen LogP contribution in [0, 0.1) is 0 Å². The molecule has 104 valence electrons. The molecule has 0 unspecified atom stereocenters. The normalized spacial score (nSPS) is 14.2. The Hall–Kier alpha value is -2.71. The number of hydrogen-bond acceptors (Lipinski definition) is 5. The van der Waals surface area contributed by atoms with Crippen molar-refractivity contribution in [1.82, 2.24) is 25.0 Å². The number of aromatic amines is 1. The molecule has 2 heterocycles. The van der Waals surface area contributed by atoms with Crippen LogP contribution < -0.4 is 5.32 Å². The van der Waals surface area contributed by atoms with Crippen LogP contribution >= 0.6 is 0 Å². The van der Waals surface area contributed by atoms with E-state index in [1.54, 1.807) is 0 Å². The van der Waals surface area contributed by atoms with Gasteiger partial charge in [0.1, 0.15) is 12.4 Å². The second-order valence-electron chi connectivity index (χ2n) is 4.59. The smallest absolute Gasteiger partial charge is 0.325 e. The summed E-state index contributed by atoms with van der Waals surface area (Å²) < 4.78 is 1.21. The summed E-state index contributed by atoms with van der Waals surface area (Å²) in [5.41, 5.74) is 0.397. The van der Waals surface area contributed by atoms with Gasteiger partial charge < -0.3 is 10.4 Å². The van der Waals surface area contributed by atoms with Crippen LogP contribution in [-0.2, 0) is 11.3 Å². The Balaban J connectivity index is 1.65. The van der Waals surface area contributed by atoms with Gasteiger partial charge in [-0.3, -0.25) is 19.4 Å². The van der Waals surface area contributed by atoms with Crippen LogP contribution in [-0.4, -0.2) is 41.9 Å². The quantitative estimate of drug-likeness (QED) is 0.717. The Kier molecular flexibility index (Phi) is 2.93. The molecule has 9 nitrogen and oxygen atoms in total. The third-order valence-corrected chi connectivity index (χ3v) is 2.86. The maximum Gasteiger partial charge on any atom is 0.325 e. The van der Waals surface area contributed by atoms with Gasteiger partial charge in [0.05, 0.1) is 11.9 Å². The molecule has 1 fully saturated rings. The molecule has 0 radical (unpaired) electrons. The average Bonchev–Trinajstić information content (AvgIpc) is 2.96. The summed E-state index contributed by atoms with van der Waals surface area (Å²) in [6.07, 6.45) is 4.94. The second kappa shape index (κ2) is 4.76. The van der Waals surface area contributed by atoms with Gasteiger partial charge in [0.15, 0.2) is 0 Å². The van der Waals surface area contributed by atoms with Gasteiger partial charge in [-0.1, -0.05) is 0 Å². The van der Waals surface area contributed by atoms with E-state index in [0.29, 0.717) is 11.6 Å². The van der Waals surface area contributed by atoms with Crippen molar-refractivity contribution in [1.29, 1.82) is 0 Å². The molecule has 2 aromatic rings. The maximum absolute atomic E-state index is 11.9. The SMILES string of the molecule is O=C(O)Cn1cc(NC(=O)c2n[nH]c(C3CC3)n2)cn1. The highest BCUT2D eigenvalue weighted by atomic mass is 16.4. The Labute approximate surface area is 113 Å².